The molecule has 1 fully saturated rings. The topological polar surface area (TPSA) is 114 Å². The van der Waals surface area contributed by atoms with Crippen LogP contribution in [0.2, 0.25) is 0 Å². The van der Waals surface area contributed by atoms with Crippen LogP contribution in [0.4, 0.5) is 5.69 Å². The first-order valence-corrected chi connectivity index (χ1v) is 9.94. The fourth-order valence-corrected chi connectivity index (χ4v) is 3.58. The molecule has 2 heterocycles. The van der Waals surface area contributed by atoms with Crippen molar-refractivity contribution in [2.45, 2.75) is 0 Å². The second-order valence-corrected chi connectivity index (χ2v) is 7.62. The van der Waals surface area contributed by atoms with Gasteiger partial charge in [0.05, 0.1) is 30.1 Å². The Morgan fingerprint density at radius 2 is 1.93 bits per heavy atom. The number of hydrogen-bond donors (Lipinski definition) is 3. The van der Waals surface area contributed by atoms with E-state index in [-0.39, 0.29) is 5.91 Å². The van der Waals surface area contributed by atoms with Crippen molar-refractivity contribution in [3.63, 3.8) is 0 Å². The molecule has 0 spiro atoms. The van der Waals surface area contributed by atoms with Crippen molar-refractivity contribution in [2.24, 2.45) is 11.6 Å². The summed E-state index contributed by atoms with van der Waals surface area (Å²) < 4.78 is 6.25. The predicted molar refractivity (Wildman–Crippen MR) is 116 cm³/mol. The van der Waals surface area contributed by atoms with Gasteiger partial charge in [-0.05, 0) is 42.5 Å². The molecule has 3 aromatic rings. The van der Waals surface area contributed by atoms with E-state index in [0.717, 1.165) is 15.4 Å². The number of hydrazine groups is 1. The molecule has 8 nitrogen and oxygen atoms in total. The van der Waals surface area contributed by atoms with Gasteiger partial charge in [0.1, 0.15) is 5.69 Å². The molecule has 1 amide bonds. The van der Waals surface area contributed by atoms with Crippen LogP contribution in [0.3, 0.4) is 0 Å². The summed E-state index contributed by atoms with van der Waals surface area (Å²) in [6.45, 7) is 2.36. The summed E-state index contributed by atoms with van der Waals surface area (Å²) in [5.74, 6) is 6.15. The number of nitrogens with one attached hydrogen (secondary N) is 1. The Labute approximate surface area is 176 Å². The molecule has 29 heavy (non-hydrogen) atoms. The maximum Gasteiger partial charge on any atom is 0.254 e. The number of hydrogen-bond acceptors (Lipinski definition) is 6. The molecule has 2 aromatic carbocycles. The number of benzene rings is 2. The van der Waals surface area contributed by atoms with Crippen LogP contribution in [0.15, 0.2) is 53.1 Å². The van der Waals surface area contributed by atoms with Crippen LogP contribution in [0, 0.1) is 0 Å². The smallest absolute Gasteiger partial charge is 0.254 e. The highest BCUT2D eigenvalue weighted by Crippen LogP contribution is 2.24. The number of ether oxygens (including phenoxy) is 1. The molecule has 5 N–H and O–H groups in total. The minimum Gasteiger partial charge on any atom is -0.396 e. The van der Waals surface area contributed by atoms with E-state index in [9.17, 15) is 4.79 Å². The third-order valence-electron chi connectivity index (χ3n) is 4.79. The number of halogens is 1. The highest BCUT2D eigenvalue weighted by Gasteiger charge is 2.18. The predicted octanol–water partition coefficient (Wildman–Crippen LogP) is 2.44. The van der Waals surface area contributed by atoms with Crippen LogP contribution in [0.25, 0.3) is 16.6 Å². The summed E-state index contributed by atoms with van der Waals surface area (Å²) in [6, 6.07) is 12.9. The van der Waals surface area contributed by atoms with E-state index < -0.39 is 0 Å². The van der Waals surface area contributed by atoms with E-state index in [1.54, 1.807) is 35.4 Å². The number of H-pyrrole nitrogens is 1. The summed E-state index contributed by atoms with van der Waals surface area (Å²) in [6.07, 6.45) is 1.61. The molecule has 0 bridgehead atoms. The van der Waals surface area contributed by atoms with E-state index in [4.69, 9.17) is 16.3 Å². The third kappa shape index (κ3) is 4.12. The van der Waals surface area contributed by atoms with Crippen LogP contribution in [-0.4, -0.2) is 47.3 Å². The van der Waals surface area contributed by atoms with E-state index in [0.29, 0.717) is 48.9 Å². The number of fused-ring (bicyclic) bond motifs is 1. The molecule has 9 heteroatoms. The normalized spacial score (nSPS) is 15.0. The number of anilines is 1. The van der Waals surface area contributed by atoms with Crippen LogP contribution in [0.1, 0.15) is 16.1 Å². The zero-order chi connectivity index (χ0) is 20.4. The fourth-order valence-electron chi connectivity index (χ4n) is 3.22. The van der Waals surface area contributed by atoms with Gasteiger partial charge in [0.2, 0.25) is 0 Å². The summed E-state index contributed by atoms with van der Waals surface area (Å²) in [5.41, 5.74) is 9.48. The van der Waals surface area contributed by atoms with Crippen LogP contribution < -0.4 is 16.6 Å². The van der Waals surface area contributed by atoms with E-state index in [1.165, 1.54) is 5.01 Å². The number of nitrogens with two attached hydrogens (primary N) is 2. The number of nitrogens with zero attached hydrogens (tertiary/aromatic N) is 3. The quantitative estimate of drug-likeness (QED) is 0.410. The van der Waals surface area contributed by atoms with Crippen LogP contribution >= 0.6 is 15.9 Å². The maximum absolute atomic E-state index is 12.5. The lowest BCUT2D eigenvalue weighted by atomic mass is 10.1. The average molecular weight is 457 g/mol. The Hall–Kier alpha value is -2.88. The lowest BCUT2D eigenvalue weighted by Gasteiger charge is -2.27. The second kappa shape index (κ2) is 8.24. The van der Waals surface area contributed by atoms with E-state index in [2.05, 4.69) is 26.1 Å². The van der Waals surface area contributed by atoms with Gasteiger partial charge in [0.15, 0.2) is 0 Å². The molecule has 4 rings (SSSR count). The Balaban J connectivity index is 1.51. The lowest BCUT2D eigenvalue weighted by molar-refractivity contribution is 0.0303. The second-order valence-electron chi connectivity index (χ2n) is 6.71. The summed E-state index contributed by atoms with van der Waals surface area (Å²) >= 11 is 3.44. The van der Waals surface area contributed by atoms with Gasteiger partial charge in [0, 0.05) is 34.7 Å². The van der Waals surface area contributed by atoms with Gasteiger partial charge in [-0.1, -0.05) is 15.9 Å². The molecule has 1 saturated heterocycles. The molecule has 0 aliphatic carbocycles. The number of carbonyl (C=O) groups is 1. The largest absolute Gasteiger partial charge is 0.396 e. The molecule has 1 aliphatic heterocycles. The monoisotopic (exact) mass is 456 g/mol. The molecule has 0 unspecified atom stereocenters. The van der Waals surface area contributed by atoms with Crippen molar-refractivity contribution in [1.29, 1.82) is 0 Å². The molecular formula is C20H21BrN6O2. The number of amides is 1. The Kier molecular flexibility index (Phi) is 5.52. The Morgan fingerprint density at radius 3 is 2.66 bits per heavy atom. The first-order valence-electron chi connectivity index (χ1n) is 9.15. The van der Waals surface area contributed by atoms with Gasteiger partial charge < -0.3 is 15.4 Å². The van der Waals surface area contributed by atoms with Crippen molar-refractivity contribution in [2.75, 3.05) is 31.3 Å². The van der Waals surface area contributed by atoms with Gasteiger partial charge in [0.25, 0.3) is 5.91 Å². The van der Waals surface area contributed by atoms with Crippen molar-refractivity contribution < 1.29 is 9.53 Å². The first kappa shape index (κ1) is 19.4. The summed E-state index contributed by atoms with van der Waals surface area (Å²) in [7, 11) is 0. The van der Waals surface area contributed by atoms with Crippen molar-refractivity contribution in [3.8, 4) is 0 Å². The number of aromatic nitrogens is 2. The fraction of sp³-hybridized carbons (Fsp3) is 0.200. The third-order valence-corrected chi connectivity index (χ3v) is 5.28. The highest BCUT2D eigenvalue weighted by molar-refractivity contribution is 9.10. The molecular weight excluding hydrogens is 436 g/mol. The van der Waals surface area contributed by atoms with Gasteiger partial charge >= 0.3 is 0 Å². The van der Waals surface area contributed by atoms with Crippen LogP contribution in [0.5, 0.6) is 0 Å². The van der Waals surface area contributed by atoms with Crippen molar-refractivity contribution in [1.82, 2.24) is 15.1 Å². The zero-order valence-corrected chi connectivity index (χ0v) is 17.2. The number of carbonyl (C=O) groups excluding carboxylic acids is 1. The molecule has 1 aromatic heterocycles. The highest BCUT2D eigenvalue weighted by atomic mass is 79.9. The molecule has 0 saturated carbocycles. The summed E-state index contributed by atoms with van der Waals surface area (Å²) in [5, 5.41) is 9.57. The summed E-state index contributed by atoms with van der Waals surface area (Å²) in [4.78, 5) is 14.3. The van der Waals surface area contributed by atoms with Crippen molar-refractivity contribution >= 4 is 44.1 Å². The number of morpholine rings is 1. The average Bonchev–Trinajstić information content (AvgIpc) is 3.17. The SMILES string of the molecule is N/C(=C\N(N)c1ccc(C(=O)N2CCOCC2)cc1)c1n[nH]c2cc(Br)ccc12. The van der Waals surface area contributed by atoms with Crippen LogP contribution in [-0.2, 0) is 4.74 Å². The number of aromatic amines is 1. The number of rotatable bonds is 4. The Morgan fingerprint density at radius 1 is 1.21 bits per heavy atom. The maximum atomic E-state index is 12.5. The van der Waals surface area contributed by atoms with Gasteiger partial charge in [-0.25, -0.2) is 5.84 Å². The lowest BCUT2D eigenvalue weighted by Crippen LogP contribution is -2.40. The molecule has 0 atom stereocenters. The standard InChI is InChI=1S/C20H21BrN6O2/c21-14-3-6-16-18(11-14)24-25-19(16)17(22)12-27(23)15-4-1-13(2-5-15)20(28)26-7-9-29-10-8-26/h1-6,11-12H,7-10,22-23H2,(H,24,25)/b17-12-. The van der Waals surface area contributed by atoms with Crippen molar-refractivity contribution in [3.05, 3.63) is 64.4 Å². The van der Waals surface area contributed by atoms with Gasteiger partial charge in [-0.3, -0.25) is 14.9 Å². The Bertz CT molecular complexity index is 1060. The zero-order valence-electron chi connectivity index (χ0n) is 15.6. The van der Waals surface area contributed by atoms with Gasteiger partial charge in [-0.15, -0.1) is 0 Å². The molecule has 150 valence electrons. The molecule has 0 radical (unpaired) electrons. The molecule has 1 aliphatic rings. The minimum absolute atomic E-state index is 0.00682. The van der Waals surface area contributed by atoms with Gasteiger partial charge in [-0.2, -0.15) is 5.10 Å². The minimum atomic E-state index is -0.00682. The van der Waals surface area contributed by atoms with E-state index >= 15 is 0 Å². The van der Waals surface area contributed by atoms with E-state index in [1.807, 2.05) is 18.2 Å². The first-order chi connectivity index (χ1) is 14.0.